The van der Waals surface area contributed by atoms with E-state index in [4.69, 9.17) is 15.0 Å². The first kappa shape index (κ1) is 31.9. The Balaban J connectivity index is 1.15. The summed E-state index contributed by atoms with van der Waals surface area (Å²) in [5.41, 5.74) is 11.9. The molecule has 11 rings (SSSR count). The van der Waals surface area contributed by atoms with E-state index in [9.17, 15) is 0 Å². The molecule has 0 spiro atoms. The van der Waals surface area contributed by atoms with Crippen molar-refractivity contribution in [3.05, 3.63) is 200 Å². The van der Waals surface area contributed by atoms with Gasteiger partial charge in [-0.15, -0.1) is 0 Å². The van der Waals surface area contributed by atoms with Crippen LogP contribution in [0.15, 0.2) is 200 Å². The number of para-hydroxylation sites is 3. The van der Waals surface area contributed by atoms with Crippen LogP contribution < -0.4 is 0 Å². The highest BCUT2D eigenvalue weighted by Gasteiger charge is 2.21. The maximum atomic E-state index is 5.14. The van der Waals surface area contributed by atoms with Crippen LogP contribution in [0, 0.1) is 0 Å². The number of hydrogen-bond donors (Lipinski definition) is 0. The summed E-state index contributed by atoms with van der Waals surface area (Å²) in [6.45, 7) is 0. The molecule has 0 N–H and O–H groups in total. The second-order valence-electron chi connectivity index (χ2n) is 14.1. The van der Waals surface area contributed by atoms with Crippen molar-refractivity contribution in [3.8, 4) is 56.7 Å². The lowest BCUT2D eigenvalue weighted by Gasteiger charge is -2.14. The van der Waals surface area contributed by atoms with Gasteiger partial charge in [0.1, 0.15) is 0 Å². The summed E-state index contributed by atoms with van der Waals surface area (Å²) in [6.07, 6.45) is 0. The van der Waals surface area contributed by atoms with Gasteiger partial charge in [-0.2, -0.15) is 0 Å². The summed E-state index contributed by atoms with van der Waals surface area (Å²) < 4.78 is 4.79. The zero-order valence-electron chi connectivity index (χ0n) is 30.3. The topological polar surface area (TPSA) is 48.5 Å². The molecule has 0 atom stereocenters. The van der Waals surface area contributed by atoms with Crippen LogP contribution in [0.3, 0.4) is 0 Å². The maximum absolute atomic E-state index is 5.14. The molecule has 0 bridgehead atoms. The van der Waals surface area contributed by atoms with E-state index in [0.717, 1.165) is 39.1 Å². The molecule has 8 aromatic carbocycles. The number of rotatable bonds is 6. The Bertz CT molecular complexity index is 3160. The molecule has 0 aliphatic heterocycles. The van der Waals surface area contributed by atoms with E-state index >= 15 is 0 Å². The van der Waals surface area contributed by atoms with Crippen molar-refractivity contribution in [2.75, 3.05) is 0 Å². The van der Waals surface area contributed by atoms with Gasteiger partial charge in [-0.25, -0.2) is 15.0 Å². The van der Waals surface area contributed by atoms with Gasteiger partial charge in [0.25, 0.3) is 0 Å². The van der Waals surface area contributed by atoms with Crippen LogP contribution >= 0.6 is 0 Å². The molecule has 56 heavy (non-hydrogen) atoms. The third-order valence-corrected chi connectivity index (χ3v) is 10.8. The Morgan fingerprint density at radius 1 is 0.286 bits per heavy atom. The lowest BCUT2D eigenvalue weighted by atomic mass is 10.1. The fraction of sp³-hybridized carbons (Fsp3) is 0. The monoisotopic (exact) mass is 715 g/mol. The minimum Gasteiger partial charge on any atom is -0.309 e. The van der Waals surface area contributed by atoms with E-state index < -0.39 is 0 Å². The van der Waals surface area contributed by atoms with Gasteiger partial charge in [0.05, 0.1) is 27.8 Å². The van der Waals surface area contributed by atoms with Gasteiger partial charge in [-0.05, 0) is 59.7 Å². The van der Waals surface area contributed by atoms with E-state index in [1.165, 1.54) is 43.7 Å². The maximum Gasteiger partial charge on any atom is 0.166 e. The highest BCUT2D eigenvalue weighted by atomic mass is 15.1. The third kappa shape index (κ3) is 5.21. The molecule has 0 amide bonds. The Morgan fingerprint density at radius 3 is 1.30 bits per heavy atom. The lowest BCUT2D eigenvalue weighted by Crippen LogP contribution is -2.03. The smallest absolute Gasteiger partial charge is 0.166 e. The SMILES string of the molecule is c1ccc(-c2ccc(-n3c4ccccc4c4cc5c(cc43)c3ccccc3n5-c3ccccc3-c3nc(-c4ccccc4)nc(-c4ccccc4)n3)cc2)cc1. The first-order valence-electron chi connectivity index (χ1n) is 18.9. The van der Waals surface area contributed by atoms with E-state index in [0.29, 0.717) is 17.5 Å². The fourth-order valence-electron chi connectivity index (χ4n) is 8.19. The van der Waals surface area contributed by atoms with Gasteiger partial charge in [0.15, 0.2) is 17.5 Å². The molecule has 3 heterocycles. The minimum absolute atomic E-state index is 0.621. The summed E-state index contributed by atoms with van der Waals surface area (Å²) >= 11 is 0. The number of benzene rings is 8. The second-order valence-corrected chi connectivity index (χ2v) is 14.1. The van der Waals surface area contributed by atoms with Crippen molar-refractivity contribution in [1.29, 1.82) is 0 Å². The van der Waals surface area contributed by atoms with E-state index in [2.05, 4.69) is 149 Å². The molecule has 0 aliphatic carbocycles. The minimum atomic E-state index is 0.621. The molecule has 0 fully saturated rings. The van der Waals surface area contributed by atoms with Crippen molar-refractivity contribution in [2.24, 2.45) is 0 Å². The molecule has 5 heteroatoms. The number of fused-ring (bicyclic) bond motifs is 6. The normalized spacial score (nSPS) is 11.6. The van der Waals surface area contributed by atoms with Crippen molar-refractivity contribution in [1.82, 2.24) is 24.1 Å². The van der Waals surface area contributed by atoms with Crippen LogP contribution in [-0.4, -0.2) is 24.1 Å². The molecule has 262 valence electrons. The first-order chi connectivity index (χ1) is 27.8. The molecule has 0 unspecified atom stereocenters. The lowest BCUT2D eigenvalue weighted by molar-refractivity contribution is 1.06. The summed E-state index contributed by atoms with van der Waals surface area (Å²) in [5.74, 6) is 1.89. The van der Waals surface area contributed by atoms with Crippen molar-refractivity contribution < 1.29 is 0 Å². The van der Waals surface area contributed by atoms with Crippen LogP contribution in [0.25, 0.3) is 100 Å². The van der Waals surface area contributed by atoms with Crippen LogP contribution in [0.2, 0.25) is 0 Å². The Morgan fingerprint density at radius 2 is 0.714 bits per heavy atom. The van der Waals surface area contributed by atoms with E-state index in [1.54, 1.807) is 0 Å². The van der Waals surface area contributed by atoms with Crippen molar-refractivity contribution >= 4 is 43.6 Å². The Kier molecular flexibility index (Phi) is 7.42. The average molecular weight is 716 g/mol. The van der Waals surface area contributed by atoms with Crippen LogP contribution in [0.4, 0.5) is 0 Å². The molecule has 0 saturated carbocycles. The fourth-order valence-corrected chi connectivity index (χ4v) is 8.19. The second kappa shape index (κ2) is 13.0. The average Bonchev–Trinajstić information content (AvgIpc) is 3.78. The summed E-state index contributed by atoms with van der Waals surface area (Å²) in [4.78, 5) is 15.3. The van der Waals surface area contributed by atoms with Crippen LogP contribution in [0.1, 0.15) is 0 Å². The quantitative estimate of drug-likeness (QED) is 0.172. The Hall–Kier alpha value is -7.63. The highest BCUT2D eigenvalue weighted by Crippen LogP contribution is 2.41. The molecular formula is C51H33N5. The van der Waals surface area contributed by atoms with Gasteiger partial charge >= 0.3 is 0 Å². The molecular weight excluding hydrogens is 683 g/mol. The zero-order valence-corrected chi connectivity index (χ0v) is 30.3. The largest absolute Gasteiger partial charge is 0.309 e. The molecule has 0 saturated heterocycles. The number of hydrogen-bond acceptors (Lipinski definition) is 3. The molecule has 0 radical (unpaired) electrons. The summed E-state index contributed by atoms with van der Waals surface area (Å²) in [6, 6.07) is 70.4. The van der Waals surface area contributed by atoms with E-state index in [1.807, 2.05) is 60.7 Å². The first-order valence-corrected chi connectivity index (χ1v) is 18.9. The van der Waals surface area contributed by atoms with Gasteiger partial charge < -0.3 is 9.13 Å². The van der Waals surface area contributed by atoms with Gasteiger partial charge in [-0.1, -0.05) is 152 Å². The van der Waals surface area contributed by atoms with Gasteiger partial charge in [-0.3, -0.25) is 0 Å². The van der Waals surface area contributed by atoms with E-state index in [-0.39, 0.29) is 0 Å². The third-order valence-electron chi connectivity index (χ3n) is 10.8. The highest BCUT2D eigenvalue weighted by molar-refractivity contribution is 6.19. The predicted molar refractivity (Wildman–Crippen MR) is 230 cm³/mol. The molecule has 3 aromatic heterocycles. The molecule has 5 nitrogen and oxygen atoms in total. The Labute approximate surface area is 323 Å². The number of aromatic nitrogens is 5. The van der Waals surface area contributed by atoms with Crippen LogP contribution in [0.5, 0.6) is 0 Å². The number of nitrogens with zero attached hydrogens (tertiary/aromatic N) is 5. The van der Waals surface area contributed by atoms with Gasteiger partial charge in [0, 0.05) is 43.9 Å². The standard InChI is InChI=1S/C51H33N5/c1-4-16-34(17-5-1)35-28-30-38(31-29-35)55-44-25-13-10-22-39(44)42-33-48-43(32-47(42)55)40-23-11-14-26-45(40)56(48)46-27-15-12-24-41(46)51-53-49(36-18-6-2-7-19-36)52-50(54-51)37-20-8-3-9-21-37/h1-33H. The summed E-state index contributed by atoms with van der Waals surface area (Å²) in [5, 5.41) is 4.76. The van der Waals surface area contributed by atoms with Crippen LogP contribution in [-0.2, 0) is 0 Å². The van der Waals surface area contributed by atoms with Crippen molar-refractivity contribution in [3.63, 3.8) is 0 Å². The molecule has 0 aliphatic rings. The molecule has 11 aromatic rings. The van der Waals surface area contributed by atoms with Gasteiger partial charge in [0.2, 0.25) is 0 Å². The zero-order chi connectivity index (χ0) is 37.0. The van der Waals surface area contributed by atoms with Crippen molar-refractivity contribution in [2.45, 2.75) is 0 Å². The summed E-state index contributed by atoms with van der Waals surface area (Å²) in [7, 11) is 0. The predicted octanol–water partition coefficient (Wildman–Crippen LogP) is 12.7.